The number of methoxy groups -OCH3 is 1. The van der Waals surface area contributed by atoms with Crippen LogP contribution < -0.4 is 15.4 Å². The van der Waals surface area contributed by atoms with Crippen LogP contribution in [0.15, 0.2) is 18.2 Å². The largest absolute Gasteiger partial charge is 0.495 e. The van der Waals surface area contributed by atoms with Crippen molar-refractivity contribution in [3.05, 3.63) is 23.2 Å². The Balaban J connectivity index is 2.76. The van der Waals surface area contributed by atoms with Crippen LogP contribution in [0.5, 0.6) is 5.75 Å². The van der Waals surface area contributed by atoms with Crippen LogP contribution in [0.1, 0.15) is 20.3 Å². The molecule has 116 valence electrons. The minimum Gasteiger partial charge on any atom is -0.495 e. The van der Waals surface area contributed by atoms with Gasteiger partial charge in [-0.3, -0.25) is 0 Å². The third kappa shape index (κ3) is 5.51. The van der Waals surface area contributed by atoms with E-state index in [2.05, 4.69) is 10.6 Å². The highest BCUT2D eigenvalue weighted by molar-refractivity contribution is 6.31. The van der Waals surface area contributed by atoms with Gasteiger partial charge in [-0.2, -0.15) is 0 Å². The Labute approximate surface area is 128 Å². The highest BCUT2D eigenvalue weighted by atomic mass is 35.5. The van der Waals surface area contributed by atoms with Crippen molar-refractivity contribution in [3.63, 3.8) is 0 Å². The molecule has 0 spiro atoms. The smallest absolute Gasteiger partial charge is 0.326 e. The Hall–Kier alpha value is -1.95. The number of hydrogen-bond donors (Lipinski definition) is 3. The molecule has 0 fully saturated rings. The fourth-order valence-electron chi connectivity index (χ4n) is 1.79. The van der Waals surface area contributed by atoms with E-state index in [0.29, 0.717) is 22.9 Å². The van der Waals surface area contributed by atoms with Crippen LogP contribution >= 0.6 is 11.6 Å². The fraction of sp³-hybridized carbons (Fsp3) is 0.429. The predicted octanol–water partition coefficient (Wildman–Crippen LogP) is 2.97. The molecular weight excluding hydrogens is 296 g/mol. The fourth-order valence-corrected chi connectivity index (χ4v) is 1.96. The number of aliphatic carboxylic acids is 1. The molecule has 1 aromatic rings. The van der Waals surface area contributed by atoms with E-state index in [-0.39, 0.29) is 5.92 Å². The van der Waals surface area contributed by atoms with Gasteiger partial charge < -0.3 is 20.5 Å². The number of carboxylic acids is 1. The van der Waals surface area contributed by atoms with Crippen LogP contribution in [0, 0.1) is 5.92 Å². The normalized spacial score (nSPS) is 11.9. The van der Waals surface area contributed by atoms with E-state index in [1.807, 2.05) is 13.8 Å². The summed E-state index contributed by atoms with van der Waals surface area (Å²) in [4.78, 5) is 23.0. The zero-order valence-electron chi connectivity index (χ0n) is 12.1. The van der Waals surface area contributed by atoms with E-state index >= 15 is 0 Å². The lowest BCUT2D eigenvalue weighted by molar-refractivity contribution is -0.139. The first-order valence-electron chi connectivity index (χ1n) is 6.47. The Bertz CT molecular complexity index is 520. The Morgan fingerprint density at radius 1 is 1.38 bits per heavy atom. The number of carbonyl (C=O) groups is 2. The SMILES string of the molecule is COc1ccc(Cl)cc1NC(=O)NC(CC(C)C)C(=O)O. The molecule has 7 heteroatoms. The summed E-state index contributed by atoms with van der Waals surface area (Å²) in [5.41, 5.74) is 0.371. The van der Waals surface area contributed by atoms with Crippen LogP contribution in [0.25, 0.3) is 0 Å². The maximum atomic E-state index is 11.9. The van der Waals surface area contributed by atoms with Gasteiger partial charge in [0, 0.05) is 5.02 Å². The molecule has 0 aliphatic carbocycles. The molecule has 1 aromatic carbocycles. The van der Waals surface area contributed by atoms with Crippen LogP contribution in [-0.2, 0) is 4.79 Å². The van der Waals surface area contributed by atoms with E-state index in [9.17, 15) is 9.59 Å². The van der Waals surface area contributed by atoms with Crippen molar-refractivity contribution in [1.29, 1.82) is 0 Å². The number of carboxylic acid groups (broad SMARTS) is 1. The number of anilines is 1. The number of amides is 2. The van der Waals surface area contributed by atoms with Crippen molar-refractivity contribution in [2.45, 2.75) is 26.3 Å². The van der Waals surface area contributed by atoms with Gasteiger partial charge >= 0.3 is 12.0 Å². The van der Waals surface area contributed by atoms with Crippen LogP contribution in [0.2, 0.25) is 5.02 Å². The van der Waals surface area contributed by atoms with Gasteiger partial charge in [-0.25, -0.2) is 9.59 Å². The summed E-state index contributed by atoms with van der Waals surface area (Å²) in [6.45, 7) is 3.77. The number of benzene rings is 1. The lowest BCUT2D eigenvalue weighted by Gasteiger charge is -2.17. The number of halogens is 1. The maximum absolute atomic E-state index is 11.9. The zero-order valence-corrected chi connectivity index (χ0v) is 12.9. The average molecular weight is 315 g/mol. The molecule has 0 aromatic heterocycles. The molecule has 3 N–H and O–H groups in total. The van der Waals surface area contributed by atoms with Crippen molar-refractivity contribution < 1.29 is 19.4 Å². The third-order valence-electron chi connectivity index (χ3n) is 2.72. The molecule has 0 radical (unpaired) electrons. The molecule has 0 saturated carbocycles. The average Bonchev–Trinajstić information content (AvgIpc) is 2.37. The molecule has 21 heavy (non-hydrogen) atoms. The standard InChI is InChI=1S/C14H19ClN2O4/c1-8(2)6-11(13(18)19)17-14(20)16-10-7-9(15)4-5-12(10)21-3/h4-5,7-8,11H,6H2,1-3H3,(H,18,19)(H2,16,17,20). The molecule has 1 unspecified atom stereocenters. The number of hydrogen-bond acceptors (Lipinski definition) is 3. The highest BCUT2D eigenvalue weighted by Gasteiger charge is 2.21. The summed E-state index contributed by atoms with van der Waals surface area (Å²) in [6, 6.07) is 3.19. The molecule has 1 rings (SSSR count). The zero-order chi connectivity index (χ0) is 16.0. The van der Waals surface area contributed by atoms with Gasteiger partial charge in [-0.15, -0.1) is 0 Å². The molecular formula is C14H19ClN2O4. The summed E-state index contributed by atoms with van der Waals surface area (Å²) in [5, 5.41) is 14.5. The minimum absolute atomic E-state index is 0.145. The molecule has 6 nitrogen and oxygen atoms in total. The summed E-state index contributed by atoms with van der Waals surface area (Å²) in [6.07, 6.45) is 0.343. The van der Waals surface area contributed by atoms with Gasteiger partial charge in [-0.1, -0.05) is 25.4 Å². The molecule has 1 atom stereocenters. The Morgan fingerprint density at radius 2 is 2.05 bits per heavy atom. The van der Waals surface area contributed by atoms with Crippen LogP contribution in [0.3, 0.4) is 0 Å². The van der Waals surface area contributed by atoms with Crippen molar-refractivity contribution in [3.8, 4) is 5.75 Å². The Kier molecular flexibility index (Phi) is 6.30. The summed E-state index contributed by atoms with van der Waals surface area (Å²) >= 11 is 5.86. The van der Waals surface area contributed by atoms with E-state index in [1.54, 1.807) is 12.1 Å². The van der Waals surface area contributed by atoms with Crippen molar-refractivity contribution >= 4 is 29.3 Å². The second kappa shape index (κ2) is 7.73. The lowest BCUT2D eigenvalue weighted by atomic mass is 10.0. The maximum Gasteiger partial charge on any atom is 0.326 e. The summed E-state index contributed by atoms with van der Waals surface area (Å²) in [7, 11) is 1.46. The van der Waals surface area contributed by atoms with E-state index in [0.717, 1.165) is 0 Å². The first-order valence-corrected chi connectivity index (χ1v) is 6.85. The monoisotopic (exact) mass is 314 g/mol. The molecule has 0 aliphatic rings. The van der Waals surface area contributed by atoms with Crippen LogP contribution in [0.4, 0.5) is 10.5 Å². The second-order valence-electron chi connectivity index (χ2n) is 4.96. The predicted molar refractivity (Wildman–Crippen MR) is 81.0 cm³/mol. The topological polar surface area (TPSA) is 87.7 Å². The quantitative estimate of drug-likeness (QED) is 0.753. The molecule has 0 saturated heterocycles. The highest BCUT2D eigenvalue weighted by Crippen LogP contribution is 2.27. The molecule has 2 amide bonds. The molecule has 0 bridgehead atoms. The first kappa shape index (κ1) is 17.1. The van der Waals surface area contributed by atoms with Gasteiger partial charge in [-0.05, 0) is 30.5 Å². The van der Waals surface area contributed by atoms with Gasteiger partial charge in [0.25, 0.3) is 0 Å². The lowest BCUT2D eigenvalue weighted by Crippen LogP contribution is -2.43. The third-order valence-corrected chi connectivity index (χ3v) is 2.96. The number of carbonyl (C=O) groups excluding carboxylic acids is 1. The number of rotatable bonds is 6. The second-order valence-corrected chi connectivity index (χ2v) is 5.40. The van der Waals surface area contributed by atoms with Gasteiger partial charge in [0.05, 0.1) is 12.8 Å². The van der Waals surface area contributed by atoms with Gasteiger partial charge in [0.15, 0.2) is 0 Å². The minimum atomic E-state index is -1.07. The number of nitrogens with one attached hydrogen (secondary N) is 2. The van der Waals surface area contributed by atoms with Gasteiger partial charge in [0.2, 0.25) is 0 Å². The van der Waals surface area contributed by atoms with Crippen LogP contribution in [-0.4, -0.2) is 30.3 Å². The molecule has 0 heterocycles. The van der Waals surface area contributed by atoms with E-state index < -0.39 is 18.0 Å². The van der Waals surface area contributed by atoms with E-state index in [1.165, 1.54) is 13.2 Å². The van der Waals surface area contributed by atoms with Gasteiger partial charge in [0.1, 0.15) is 11.8 Å². The van der Waals surface area contributed by atoms with E-state index in [4.69, 9.17) is 21.4 Å². The molecule has 0 aliphatic heterocycles. The summed E-state index contributed by atoms with van der Waals surface area (Å²) in [5.74, 6) is -0.491. The number of urea groups is 1. The van der Waals surface area contributed by atoms with Crippen molar-refractivity contribution in [1.82, 2.24) is 5.32 Å². The summed E-state index contributed by atoms with van der Waals surface area (Å²) < 4.78 is 5.10. The number of ether oxygens (including phenoxy) is 1. The van der Waals surface area contributed by atoms with Crippen molar-refractivity contribution in [2.75, 3.05) is 12.4 Å². The Morgan fingerprint density at radius 3 is 2.57 bits per heavy atom. The first-order chi connectivity index (χ1) is 9.83. The van der Waals surface area contributed by atoms with Crippen molar-refractivity contribution in [2.24, 2.45) is 5.92 Å².